The quantitative estimate of drug-likeness (QED) is 0.833. The first-order valence-corrected chi connectivity index (χ1v) is 4.60. The lowest BCUT2D eigenvalue weighted by atomic mass is 10.1. The molecule has 1 heterocycles. The molecule has 1 rings (SSSR count). The predicted octanol–water partition coefficient (Wildman–Crippen LogP) is 2.05. The van der Waals surface area contributed by atoms with Crippen molar-refractivity contribution in [2.45, 2.75) is 26.4 Å². The Morgan fingerprint density at radius 2 is 1.82 bits per heavy atom. The number of aliphatic carboxylic acids is 1. The van der Waals surface area contributed by atoms with E-state index in [4.69, 9.17) is 5.11 Å². The van der Waals surface area contributed by atoms with E-state index in [1.807, 2.05) is 0 Å². The van der Waals surface area contributed by atoms with Crippen molar-refractivity contribution in [1.82, 2.24) is 4.98 Å². The van der Waals surface area contributed by atoms with Gasteiger partial charge in [-0.2, -0.15) is 13.8 Å². The highest BCUT2D eigenvalue weighted by atomic mass is 19.2. The standard InChI is InChI=1S/C10H10F3NO3/c1-4-5(11)6(12)8(14-7(4)13)17-10(2,3)9(15)16/h1-3H3,(H,15,16). The average molecular weight is 249 g/mol. The zero-order chi connectivity index (χ0) is 13.4. The van der Waals surface area contributed by atoms with Gasteiger partial charge in [-0.15, -0.1) is 0 Å². The number of pyridine rings is 1. The lowest BCUT2D eigenvalue weighted by Gasteiger charge is -2.21. The van der Waals surface area contributed by atoms with Gasteiger partial charge in [-0.1, -0.05) is 0 Å². The topological polar surface area (TPSA) is 59.4 Å². The van der Waals surface area contributed by atoms with Gasteiger partial charge in [-0.25, -0.2) is 9.18 Å². The van der Waals surface area contributed by atoms with Crippen LogP contribution in [-0.2, 0) is 4.79 Å². The number of carboxylic acids is 1. The van der Waals surface area contributed by atoms with Gasteiger partial charge in [-0.3, -0.25) is 0 Å². The Labute approximate surface area is 95.0 Å². The van der Waals surface area contributed by atoms with E-state index in [1.54, 1.807) is 0 Å². The summed E-state index contributed by atoms with van der Waals surface area (Å²) >= 11 is 0. The normalized spacial score (nSPS) is 11.4. The number of aromatic nitrogens is 1. The SMILES string of the molecule is Cc1c(F)nc(OC(C)(C)C(=O)O)c(F)c1F. The summed E-state index contributed by atoms with van der Waals surface area (Å²) in [4.78, 5) is 13.7. The molecule has 7 heteroatoms. The molecule has 0 fully saturated rings. The number of ether oxygens (including phenoxy) is 1. The molecule has 0 aliphatic heterocycles. The van der Waals surface area contributed by atoms with Crippen molar-refractivity contribution in [2.24, 2.45) is 0 Å². The maximum atomic E-state index is 13.3. The number of halogens is 3. The van der Waals surface area contributed by atoms with Crippen molar-refractivity contribution < 1.29 is 27.8 Å². The fourth-order valence-corrected chi connectivity index (χ4v) is 0.924. The van der Waals surface area contributed by atoms with Crippen molar-refractivity contribution in [2.75, 3.05) is 0 Å². The molecule has 4 nitrogen and oxygen atoms in total. The summed E-state index contributed by atoms with van der Waals surface area (Å²) < 4.78 is 44.2. The van der Waals surface area contributed by atoms with Crippen LogP contribution >= 0.6 is 0 Å². The van der Waals surface area contributed by atoms with Gasteiger partial charge in [0.15, 0.2) is 5.82 Å². The lowest BCUT2D eigenvalue weighted by molar-refractivity contribution is -0.152. The van der Waals surface area contributed by atoms with Gasteiger partial charge in [-0.05, 0) is 20.8 Å². The van der Waals surface area contributed by atoms with Crippen molar-refractivity contribution in [3.63, 3.8) is 0 Å². The minimum Gasteiger partial charge on any atom is -0.478 e. The molecular formula is C10H10F3NO3. The van der Waals surface area contributed by atoms with Gasteiger partial charge in [0.25, 0.3) is 5.88 Å². The highest BCUT2D eigenvalue weighted by Crippen LogP contribution is 2.25. The van der Waals surface area contributed by atoms with Crippen LogP contribution in [0.15, 0.2) is 0 Å². The molecular weight excluding hydrogens is 239 g/mol. The average Bonchev–Trinajstić information content (AvgIpc) is 2.22. The molecule has 1 aromatic heterocycles. The zero-order valence-corrected chi connectivity index (χ0v) is 9.34. The minimum atomic E-state index is -1.85. The molecule has 0 amide bonds. The zero-order valence-electron chi connectivity index (χ0n) is 9.34. The van der Waals surface area contributed by atoms with E-state index in [0.29, 0.717) is 0 Å². The van der Waals surface area contributed by atoms with Gasteiger partial charge < -0.3 is 9.84 Å². The number of carboxylic acid groups (broad SMARTS) is 1. The highest BCUT2D eigenvalue weighted by molar-refractivity contribution is 5.76. The predicted molar refractivity (Wildman–Crippen MR) is 51.2 cm³/mol. The molecule has 0 saturated heterocycles. The summed E-state index contributed by atoms with van der Waals surface area (Å²) in [5.74, 6) is -6.65. The molecule has 0 aliphatic rings. The molecule has 0 radical (unpaired) electrons. The summed E-state index contributed by atoms with van der Waals surface area (Å²) in [6, 6.07) is 0. The fraction of sp³-hybridized carbons (Fsp3) is 0.400. The Balaban J connectivity index is 3.21. The molecule has 94 valence electrons. The first kappa shape index (κ1) is 13.3. The summed E-state index contributed by atoms with van der Waals surface area (Å²) in [5.41, 5.74) is -2.44. The van der Waals surface area contributed by atoms with Gasteiger partial charge in [0.05, 0.1) is 0 Å². The van der Waals surface area contributed by atoms with Crippen LogP contribution in [0.3, 0.4) is 0 Å². The van der Waals surface area contributed by atoms with Crippen LogP contribution in [0.5, 0.6) is 5.88 Å². The van der Waals surface area contributed by atoms with Crippen molar-refractivity contribution in [3.05, 3.63) is 23.1 Å². The maximum absolute atomic E-state index is 13.3. The first-order valence-electron chi connectivity index (χ1n) is 4.60. The van der Waals surface area contributed by atoms with Crippen LogP contribution in [0.25, 0.3) is 0 Å². The third-order valence-electron chi connectivity index (χ3n) is 2.09. The molecule has 0 bridgehead atoms. The number of carbonyl (C=O) groups is 1. The van der Waals surface area contributed by atoms with E-state index >= 15 is 0 Å². The van der Waals surface area contributed by atoms with Crippen LogP contribution < -0.4 is 4.74 Å². The van der Waals surface area contributed by atoms with Crippen LogP contribution in [0.2, 0.25) is 0 Å². The van der Waals surface area contributed by atoms with Crippen molar-refractivity contribution in [3.8, 4) is 5.88 Å². The second-order valence-electron chi connectivity index (χ2n) is 3.88. The van der Waals surface area contributed by atoms with E-state index in [9.17, 15) is 18.0 Å². The smallest absolute Gasteiger partial charge is 0.347 e. The monoisotopic (exact) mass is 249 g/mol. The van der Waals surface area contributed by atoms with Crippen molar-refractivity contribution in [1.29, 1.82) is 0 Å². The second kappa shape index (κ2) is 4.23. The first-order chi connectivity index (χ1) is 7.66. The Morgan fingerprint density at radius 3 is 2.29 bits per heavy atom. The molecule has 0 spiro atoms. The molecule has 0 unspecified atom stereocenters. The Bertz CT molecular complexity index is 474. The Morgan fingerprint density at radius 1 is 1.29 bits per heavy atom. The minimum absolute atomic E-state index is 0.594. The summed E-state index contributed by atoms with van der Waals surface area (Å²) in [6.45, 7) is 3.21. The van der Waals surface area contributed by atoms with E-state index in [1.165, 1.54) is 0 Å². The van der Waals surface area contributed by atoms with Gasteiger partial charge in [0.2, 0.25) is 17.4 Å². The summed E-state index contributed by atoms with van der Waals surface area (Å²) in [6.07, 6.45) is 0. The maximum Gasteiger partial charge on any atom is 0.347 e. The molecule has 17 heavy (non-hydrogen) atoms. The van der Waals surface area contributed by atoms with Crippen LogP contribution in [-0.4, -0.2) is 21.7 Å². The summed E-state index contributed by atoms with van der Waals surface area (Å²) in [7, 11) is 0. The number of rotatable bonds is 3. The Kier molecular flexibility index (Phi) is 3.30. The highest BCUT2D eigenvalue weighted by Gasteiger charge is 2.32. The van der Waals surface area contributed by atoms with Gasteiger partial charge in [0.1, 0.15) is 0 Å². The van der Waals surface area contributed by atoms with Crippen LogP contribution in [0.1, 0.15) is 19.4 Å². The second-order valence-corrected chi connectivity index (χ2v) is 3.88. The largest absolute Gasteiger partial charge is 0.478 e. The van der Waals surface area contributed by atoms with E-state index in [-0.39, 0.29) is 0 Å². The fourth-order valence-electron chi connectivity index (χ4n) is 0.924. The molecule has 1 N–H and O–H groups in total. The number of nitrogens with zero attached hydrogens (tertiary/aromatic N) is 1. The third-order valence-corrected chi connectivity index (χ3v) is 2.09. The molecule has 0 aromatic carbocycles. The van der Waals surface area contributed by atoms with Crippen LogP contribution in [0.4, 0.5) is 13.2 Å². The van der Waals surface area contributed by atoms with E-state index < -0.39 is 40.6 Å². The third kappa shape index (κ3) is 2.48. The van der Waals surface area contributed by atoms with Crippen LogP contribution in [0, 0.1) is 24.5 Å². The molecule has 1 aromatic rings. The molecule has 0 atom stereocenters. The number of hydrogen-bond acceptors (Lipinski definition) is 3. The summed E-state index contributed by atoms with van der Waals surface area (Å²) in [5, 5.41) is 8.72. The molecule has 0 saturated carbocycles. The van der Waals surface area contributed by atoms with Gasteiger partial charge >= 0.3 is 5.97 Å². The number of hydrogen-bond donors (Lipinski definition) is 1. The Hall–Kier alpha value is -1.79. The van der Waals surface area contributed by atoms with Gasteiger partial charge in [0, 0.05) is 5.56 Å². The lowest BCUT2D eigenvalue weighted by Crippen LogP contribution is -2.38. The molecule has 0 aliphatic carbocycles. The van der Waals surface area contributed by atoms with Crippen molar-refractivity contribution >= 4 is 5.97 Å². The van der Waals surface area contributed by atoms with E-state index in [0.717, 1.165) is 20.8 Å². The van der Waals surface area contributed by atoms with E-state index in [2.05, 4.69) is 9.72 Å².